The van der Waals surface area contributed by atoms with Gasteiger partial charge in [-0.3, -0.25) is 0 Å². The van der Waals surface area contributed by atoms with Gasteiger partial charge in [0, 0.05) is 13.1 Å². The fraction of sp³-hybridized carbons (Fsp3) is 0.500. The maximum Gasteiger partial charge on any atom is 0.252 e. The third-order valence-corrected chi connectivity index (χ3v) is 7.57. The highest BCUT2D eigenvalue weighted by molar-refractivity contribution is 9.11. The molecule has 1 aromatic heterocycles. The van der Waals surface area contributed by atoms with E-state index >= 15 is 0 Å². The molecular formula is C10H10BrClN2O2S2. The van der Waals surface area contributed by atoms with E-state index < -0.39 is 10.0 Å². The largest absolute Gasteiger partial charge is 0.252 e. The number of hydrogen-bond donors (Lipinski definition) is 0. The molecule has 1 saturated heterocycles. The first-order valence-electron chi connectivity index (χ1n) is 5.29. The van der Waals surface area contributed by atoms with Crippen molar-refractivity contribution < 1.29 is 8.42 Å². The van der Waals surface area contributed by atoms with Crippen LogP contribution < -0.4 is 0 Å². The Morgan fingerprint density at radius 3 is 2.89 bits per heavy atom. The van der Waals surface area contributed by atoms with Gasteiger partial charge in [0.25, 0.3) is 10.0 Å². The Kier molecular flexibility index (Phi) is 4.34. The third-order valence-electron chi connectivity index (χ3n) is 2.78. The van der Waals surface area contributed by atoms with Gasteiger partial charge in [0.15, 0.2) is 0 Å². The molecule has 98 valence electrons. The molecule has 2 heterocycles. The molecule has 1 unspecified atom stereocenters. The quantitative estimate of drug-likeness (QED) is 0.805. The van der Waals surface area contributed by atoms with Gasteiger partial charge in [-0.2, -0.15) is 9.57 Å². The summed E-state index contributed by atoms with van der Waals surface area (Å²) in [5, 5.41) is 9.29. The molecule has 1 fully saturated rings. The van der Waals surface area contributed by atoms with Gasteiger partial charge in [0.2, 0.25) is 0 Å². The monoisotopic (exact) mass is 368 g/mol. The highest BCUT2D eigenvalue weighted by Crippen LogP contribution is 2.36. The van der Waals surface area contributed by atoms with Crippen LogP contribution in [0.15, 0.2) is 14.1 Å². The van der Waals surface area contributed by atoms with Crippen LogP contribution in [0.4, 0.5) is 0 Å². The summed E-state index contributed by atoms with van der Waals surface area (Å²) < 4.78 is 26.9. The molecule has 1 aliphatic rings. The van der Waals surface area contributed by atoms with Crippen molar-refractivity contribution in [3.05, 3.63) is 14.9 Å². The van der Waals surface area contributed by atoms with Crippen molar-refractivity contribution in [2.24, 2.45) is 5.92 Å². The summed E-state index contributed by atoms with van der Waals surface area (Å²) in [6.07, 6.45) is 1.48. The first-order chi connectivity index (χ1) is 8.45. The van der Waals surface area contributed by atoms with Crippen LogP contribution in [-0.4, -0.2) is 25.8 Å². The number of sulfonamides is 1. The lowest BCUT2D eigenvalue weighted by Crippen LogP contribution is -2.39. The highest BCUT2D eigenvalue weighted by Gasteiger charge is 2.31. The summed E-state index contributed by atoms with van der Waals surface area (Å²) in [5.74, 6) is -0.215. The molecule has 1 aromatic rings. The number of thiophene rings is 1. The fourth-order valence-corrected chi connectivity index (χ4v) is 5.92. The molecular weight excluding hydrogens is 360 g/mol. The van der Waals surface area contributed by atoms with Crippen LogP contribution >= 0.6 is 38.9 Å². The van der Waals surface area contributed by atoms with Crippen molar-refractivity contribution in [2.45, 2.75) is 17.1 Å². The van der Waals surface area contributed by atoms with Gasteiger partial charge in [0.05, 0.1) is 20.8 Å². The lowest BCUT2D eigenvalue weighted by molar-refractivity contribution is 0.305. The van der Waals surface area contributed by atoms with Crippen LogP contribution in [0.3, 0.4) is 0 Å². The maximum absolute atomic E-state index is 12.4. The smallest absolute Gasteiger partial charge is 0.206 e. The Morgan fingerprint density at radius 2 is 2.33 bits per heavy atom. The molecule has 0 radical (unpaired) electrons. The molecule has 1 atom stereocenters. The number of hydrogen-bond acceptors (Lipinski definition) is 4. The van der Waals surface area contributed by atoms with Crippen LogP contribution in [0, 0.1) is 17.2 Å². The Balaban J connectivity index is 2.29. The molecule has 1 aliphatic heterocycles. The molecule has 18 heavy (non-hydrogen) atoms. The SMILES string of the molecule is N#CC1CCCN(S(=O)(=O)c2cc(Cl)c(Br)s2)C1. The summed E-state index contributed by atoms with van der Waals surface area (Å²) in [6, 6.07) is 3.58. The van der Waals surface area contributed by atoms with Gasteiger partial charge in [-0.05, 0) is 34.8 Å². The van der Waals surface area contributed by atoms with Crippen LogP contribution in [-0.2, 0) is 10.0 Å². The third kappa shape index (κ3) is 2.73. The Bertz CT molecular complexity index is 574. The van der Waals surface area contributed by atoms with Crippen molar-refractivity contribution in [3.63, 3.8) is 0 Å². The number of halogens is 2. The Morgan fingerprint density at radius 1 is 1.61 bits per heavy atom. The summed E-state index contributed by atoms with van der Waals surface area (Å²) in [4.78, 5) is 0. The van der Waals surface area contributed by atoms with E-state index in [9.17, 15) is 8.42 Å². The van der Waals surface area contributed by atoms with Crippen molar-refractivity contribution in [1.29, 1.82) is 5.26 Å². The second-order valence-electron chi connectivity index (χ2n) is 4.02. The van der Waals surface area contributed by atoms with Gasteiger partial charge in [-0.25, -0.2) is 8.42 Å². The van der Waals surface area contributed by atoms with E-state index in [1.807, 2.05) is 0 Å². The zero-order chi connectivity index (χ0) is 13.3. The van der Waals surface area contributed by atoms with E-state index in [2.05, 4.69) is 22.0 Å². The second kappa shape index (κ2) is 5.47. The summed E-state index contributed by atoms with van der Waals surface area (Å²) in [6.45, 7) is 0.736. The number of nitrogens with zero attached hydrogens (tertiary/aromatic N) is 2. The number of rotatable bonds is 2. The highest BCUT2D eigenvalue weighted by atomic mass is 79.9. The molecule has 0 saturated carbocycles. The molecule has 2 rings (SSSR count). The van der Waals surface area contributed by atoms with Crippen molar-refractivity contribution in [1.82, 2.24) is 4.31 Å². The van der Waals surface area contributed by atoms with Crippen molar-refractivity contribution >= 4 is 48.9 Å². The first-order valence-corrected chi connectivity index (χ1v) is 8.72. The molecule has 0 bridgehead atoms. The van der Waals surface area contributed by atoms with E-state index in [1.165, 1.54) is 10.4 Å². The molecule has 0 amide bonds. The average molecular weight is 370 g/mol. The van der Waals surface area contributed by atoms with Gasteiger partial charge < -0.3 is 0 Å². The topological polar surface area (TPSA) is 61.2 Å². The zero-order valence-electron chi connectivity index (χ0n) is 9.27. The van der Waals surface area contributed by atoms with E-state index in [1.54, 1.807) is 0 Å². The van der Waals surface area contributed by atoms with Crippen LogP contribution in [0.25, 0.3) is 0 Å². The molecule has 0 N–H and O–H groups in total. The standard InChI is InChI=1S/C10H10BrClN2O2S2/c11-10-8(12)4-9(17-10)18(15,16)14-3-1-2-7(5-13)6-14/h4,7H,1-3,6H2. The van der Waals surface area contributed by atoms with Gasteiger partial charge in [-0.1, -0.05) is 11.6 Å². The average Bonchev–Trinajstić information content (AvgIpc) is 2.70. The summed E-state index contributed by atoms with van der Waals surface area (Å²) in [5.41, 5.74) is 0. The zero-order valence-corrected chi connectivity index (χ0v) is 13.2. The van der Waals surface area contributed by atoms with E-state index in [4.69, 9.17) is 16.9 Å². The second-order valence-corrected chi connectivity index (χ2v) is 8.96. The molecule has 4 nitrogen and oxygen atoms in total. The van der Waals surface area contributed by atoms with Gasteiger partial charge in [0.1, 0.15) is 4.21 Å². The number of piperidine rings is 1. The summed E-state index contributed by atoms with van der Waals surface area (Å²) in [7, 11) is -3.52. The first kappa shape index (κ1) is 14.3. The van der Waals surface area contributed by atoms with Crippen LogP contribution in [0.2, 0.25) is 5.02 Å². The molecule has 8 heteroatoms. The Labute approximate surface area is 123 Å². The van der Waals surface area contributed by atoms with Gasteiger partial charge in [-0.15, -0.1) is 11.3 Å². The predicted octanol–water partition coefficient (Wildman–Crippen LogP) is 3.09. The van der Waals surface area contributed by atoms with E-state index in [-0.39, 0.29) is 16.7 Å². The lowest BCUT2D eigenvalue weighted by atomic mass is 10.0. The van der Waals surface area contributed by atoms with E-state index in [0.717, 1.165) is 24.2 Å². The summed E-state index contributed by atoms with van der Waals surface area (Å²) >= 11 is 10.2. The van der Waals surface area contributed by atoms with E-state index in [0.29, 0.717) is 15.4 Å². The van der Waals surface area contributed by atoms with Gasteiger partial charge >= 0.3 is 0 Å². The minimum Gasteiger partial charge on any atom is -0.206 e. The molecule has 0 aliphatic carbocycles. The van der Waals surface area contributed by atoms with Crippen molar-refractivity contribution in [3.8, 4) is 6.07 Å². The molecule has 0 aromatic carbocycles. The maximum atomic E-state index is 12.4. The van der Waals surface area contributed by atoms with Crippen LogP contribution in [0.1, 0.15) is 12.8 Å². The minimum absolute atomic E-state index is 0.215. The lowest BCUT2D eigenvalue weighted by Gasteiger charge is -2.28. The Hall–Kier alpha value is -0.130. The van der Waals surface area contributed by atoms with Crippen LogP contribution in [0.5, 0.6) is 0 Å². The predicted molar refractivity (Wildman–Crippen MR) is 74.1 cm³/mol. The molecule has 0 spiro atoms. The minimum atomic E-state index is -3.52. The fourth-order valence-electron chi connectivity index (χ4n) is 1.85. The van der Waals surface area contributed by atoms with Crippen molar-refractivity contribution in [2.75, 3.05) is 13.1 Å². The normalized spacial score (nSPS) is 21.7. The number of nitriles is 1.